The van der Waals surface area contributed by atoms with Gasteiger partial charge in [-0.25, -0.2) is 4.79 Å². The van der Waals surface area contributed by atoms with Gasteiger partial charge < -0.3 is 19.9 Å². The zero-order valence-corrected chi connectivity index (χ0v) is 14.8. The molecule has 0 radical (unpaired) electrons. The van der Waals surface area contributed by atoms with Crippen LogP contribution in [0.4, 0.5) is 4.79 Å². The van der Waals surface area contributed by atoms with Crippen LogP contribution in [0, 0.1) is 5.41 Å². The molecule has 0 heterocycles. The maximum Gasteiger partial charge on any atom is 0.407 e. The Morgan fingerprint density at radius 2 is 1.95 bits per heavy atom. The molecule has 1 amide bonds. The molecule has 0 rings (SSSR count). The van der Waals surface area contributed by atoms with E-state index < -0.39 is 17.5 Å². The van der Waals surface area contributed by atoms with Gasteiger partial charge in [0.05, 0.1) is 12.0 Å². The van der Waals surface area contributed by atoms with Crippen molar-refractivity contribution in [1.29, 1.82) is 0 Å². The Labute approximate surface area is 132 Å². The van der Waals surface area contributed by atoms with Gasteiger partial charge in [0.15, 0.2) is 0 Å². The van der Waals surface area contributed by atoms with E-state index in [1.807, 2.05) is 13.8 Å². The molecule has 0 aliphatic rings. The molecule has 6 nitrogen and oxygen atoms in total. The molecule has 0 bridgehead atoms. The molecule has 1 unspecified atom stereocenters. The molecular weight excluding hydrogens is 313 g/mol. The zero-order valence-electron chi connectivity index (χ0n) is 12.9. The zero-order chi connectivity index (χ0) is 16.1. The molecule has 8 heteroatoms. The summed E-state index contributed by atoms with van der Waals surface area (Å²) < 4.78 is 9.96. The predicted molar refractivity (Wildman–Crippen MR) is 87.5 cm³/mol. The number of methoxy groups -OCH3 is 1. The fourth-order valence-corrected chi connectivity index (χ4v) is 3.74. The first-order valence-electron chi connectivity index (χ1n) is 7.00. The third kappa shape index (κ3) is 8.49. The molecule has 0 saturated heterocycles. The van der Waals surface area contributed by atoms with Crippen LogP contribution in [-0.2, 0) is 14.3 Å². The lowest BCUT2D eigenvalue weighted by Gasteiger charge is -2.26. The number of rotatable bonds is 12. The Morgan fingerprint density at radius 1 is 1.29 bits per heavy atom. The van der Waals surface area contributed by atoms with Gasteiger partial charge >= 0.3 is 12.1 Å². The van der Waals surface area contributed by atoms with E-state index in [1.165, 1.54) is 0 Å². The number of alkyl carbamates (subject to hydrolysis) is 1. The van der Waals surface area contributed by atoms with E-state index in [0.717, 1.165) is 26.3 Å². The number of carbonyl (C=O) groups is 2. The van der Waals surface area contributed by atoms with E-state index in [0.29, 0.717) is 19.4 Å². The molecule has 1 atom stereocenters. The minimum atomic E-state index is -0.907. The fraction of sp³-hybridized carbons (Fsp3) is 0.846. The second-order valence-corrected chi connectivity index (χ2v) is 7.74. The maximum atomic E-state index is 11.5. The standard InChI is InChI=1S/C13H26NO5PS/c1-4-13(5-2,11(15)16)10-14-12(17)19-7-9-21-20-8-6-18-3/h20H,4-10H2,1-3H3,(H,14,17)(H,15,16). The number of carboxylic acids is 1. The van der Waals surface area contributed by atoms with E-state index >= 15 is 0 Å². The van der Waals surface area contributed by atoms with E-state index in [2.05, 4.69) is 5.32 Å². The number of amides is 1. The number of carbonyl (C=O) groups excluding carboxylic acids is 1. The van der Waals surface area contributed by atoms with Gasteiger partial charge in [0.25, 0.3) is 0 Å². The van der Waals surface area contributed by atoms with E-state index in [4.69, 9.17) is 9.47 Å². The molecule has 124 valence electrons. The first-order valence-corrected chi connectivity index (χ1v) is 9.91. The van der Waals surface area contributed by atoms with Crippen LogP contribution in [0.15, 0.2) is 0 Å². The van der Waals surface area contributed by atoms with Gasteiger partial charge in [0.1, 0.15) is 6.61 Å². The SMILES string of the molecule is CCC(CC)(CNC(=O)OCCSPCCOC)C(=O)O. The topological polar surface area (TPSA) is 84.9 Å². The number of ether oxygens (including phenoxy) is 2. The van der Waals surface area contributed by atoms with Crippen LogP contribution < -0.4 is 5.32 Å². The number of hydrogen-bond acceptors (Lipinski definition) is 5. The Morgan fingerprint density at radius 3 is 2.48 bits per heavy atom. The minimum Gasteiger partial charge on any atom is -0.481 e. The second kappa shape index (κ2) is 12.1. The highest BCUT2D eigenvalue weighted by Gasteiger charge is 2.35. The minimum absolute atomic E-state index is 0.0941. The smallest absolute Gasteiger partial charge is 0.407 e. The summed E-state index contributed by atoms with van der Waals surface area (Å²) in [6, 6.07) is 0. The van der Waals surface area contributed by atoms with Crippen LogP contribution in [0.2, 0.25) is 0 Å². The van der Waals surface area contributed by atoms with Crippen molar-refractivity contribution in [2.45, 2.75) is 26.7 Å². The maximum absolute atomic E-state index is 11.5. The van der Waals surface area contributed by atoms with Gasteiger partial charge in [-0.05, 0) is 19.0 Å². The van der Waals surface area contributed by atoms with Gasteiger partial charge in [0, 0.05) is 19.4 Å². The monoisotopic (exact) mass is 339 g/mol. The van der Waals surface area contributed by atoms with Gasteiger partial charge in [0.2, 0.25) is 0 Å². The van der Waals surface area contributed by atoms with E-state index in [1.54, 1.807) is 18.5 Å². The van der Waals surface area contributed by atoms with Gasteiger partial charge in [-0.15, -0.1) is 11.4 Å². The Balaban J connectivity index is 3.82. The molecule has 0 spiro atoms. The van der Waals surface area contributed by atoms with Crippen molar-refractivity contribution >= 4 is 31.2 Å². The molecule has 0 aromatic carbocycles. The van der Waals surface area contributed by atoms with Crippen LogP contribution in [0.5, 0.6) is 0 Å². The van der Waals surface area contributed by atoms with Crippen LogP contribution in [0.25, 0.3) is 0 Å². The second-order valence-electron chi connectivity index (χ2n) is 4.52. The third-order valence-electron chi connectivity index (χ3n) is 3.31. The fourth-order valence-electron chi connectivity index (χ4n) is 1.63. The van der Waals surface area contributed by atoms with Gasteiger partial charge in [-0.3, -0.25) is 4.79 Å². The average molecular weight is 339 g/mol. The predicted octanol–water partition coefficient (Wildman–Crippen LogP) is 2.58. The molecule has 0 aromatic heterocycles. The molecule has 0 aliphatic carbocycles. The normalized spacial score (nSPS) is 11.8. The first kappa shape index (κ1) is 20.5. The molecule has 0 fully saturated rings. The van der Waals surface area contributed by atoms with Crippen LogP contribution in [-0.4, -0.2) is 56.0 Å². The summed E-state index contributed by atoms with van der Waals surface area (Å²) in [5, 5.41) is 11.8. The summed E-state index contributed by atoms with van der Waals surface area (Å²) in [6.07, 6.45) is 1.38. The van der Waals surface area contributed by atoms with Crippen molar-refractivity contribution in [1.82, 2.24) is 5.32 Å². The lowest BCUT2D eigenvalue weighted by molar-refractivity contribution is -0.149. The summed E-state index contributed by atoms with van der Waals surface area (Å²) >= 11 is 1.72. The van der Waals surface area contributed by atoms with Crippen LogP contribution >= 0.6 is 19.2 Å². The molecular formula is C13H26NO5PS. The largest absolute Gasteiger partial charge is 0.481 e. The number of hydrogen-bond donors (Lipinski definition) is 2. The van der Waals surface area contributed by atoms with Gasteiger partial charge in [-0.2, -0.15) is 0 Å². The quantitative estimate of drug-likeness (QED) is 0.420. The number of carboxylic acid groups (broad SMARTS) is 1. The summed E-state index contributed by atoms with van der Waals surface area (Å²) in [6.45, 7) is 4.79. The van der Waals surface area contributed by atoms with Gasteiger partial charge in [-0.1, -0.05) is 21.6 Å². The highest BCUT2D eigenvalue weighted by molar-refractivity contribution is 8.49. The summed E-state index contributed by atoms with van der Waals surface area (Å²) in [7, 11) is 2.41. The van der Waals surface area contributed by atoms with Crippen molar-refractivity contribution in [2.75, 3.05) is 38.8 Å². The third-order valence-corrected chi connectivity index (χ3v) is 6.13. The van der Waals surface area contributed by atoms with Crippen LogP contribution in [0.1, 0.15) is 26.7 Å². The van der Waals surface area contributed by atoms with E-state index in [-0.39, 0.29) is 6.54 Å². The van der Waals surface area contributed by atoms with Crippen LogP contribution in [0.3, 0.4) is 0 Å². The molecule has 2 N–H and O–H groups in total. The lowest BCUT2D eigenvalue weighted by atomic mass is 9.82. The highest BCUT2D eigenvalue weighted by atomic mass is 32.7. The number of aliphatic carboxylic acids is 1. The first-order chi connectivity index (χ1) is 10.0. The lowest BCUT2D eigenvalue weighted by Crippen LogP contribution is -2.42. The number of nitrogens with one attached hydrogen (secondary N) is 1. The summed E-state index contributed by atoms with van der Waals surface area (Å²) in [5.41, 5.74) is -0.907. The Kier molecular flexibility index (Phi) is 11.8. The highest BCUT2D eigenvalue weighted by Crippen LogP contribution is 2.28. The Bertz CT molecular complexity index is 313. The molecule has 21 heavy (non-hydrogen) atoms. The molecule has 0 aliphatic heterocycles. The van der Waals surface area contributed by atoms with Crippen molar-refractivity contribution in [2.24, 2.45) is 5.41 Å². The average Bonchev–Trinajstić information content (AvgIpc) is 2.47. The van der Waals surface area contributed by atoms with Crippen molar-refractivity contribution < 1.29 is 24.2 Å². The Hall–Kier alpha value is -0.520. The summed E-state index contributed by atoms with van der Waals surface area (Å²) in [4.78, 5) is 22.8. The summed E-state index contributed by atoms with van der Waals surface area (Å²) in [5.74, 6) is -0.149. The van der Waals surface area contributed by atoms with Crippen molar-refractivity contribution in [3.8, 4) is 0 Å². The van der Waals surface area contributed by atoms with E-state index in [9.17, 15) is 14.7 Å². The molecule has 0 saturated carbocycles. The van der Waals surface area contributed by atoms with Crippen molar-refractivity contribution in [3.63, 3.8) is 0 Å². The molecule has 0 aromatic rings. The van der Waals surface area contributed by atoms with Crippen molar-refractivity contribution in [3.05, 3.63) is 0 Å².